The number of nitrogens with zero attached hydrogens (tertiary/aromatic N) is 2. The van der Waals surface area contributed by atoms with Crippen LogP contribution in [0.15, 0.2) is 36.4 Å². The minimum Gasteiger partial charge on any atom is -0.480 e. The lowest BCUT2D eigenvalue weighted by molar-refractivity contribution is -0.135. The number of anilines is 3. The summed E-state index contributed by atoms with van der Waals surface area (Å²) in [5.74, 6) is -1.63. The molecule has 0 fully saturated rings. The molecule has 0 aliphatic rings. The number of amides is 1. The molecule has 1 amide bonds. The molecule has 0 aliphatic carbocycles. The van der Waals surface area contributed by atoms with Gasteiger partial charge in [0, 0.05) is 39.4 Å². The Morgan fingerprint density at radius 1 is 1.00 bits per heavy atom. The third-order valence-corrected chi connectivity index (χ3v) is 4.03. The highest BCUT2D eigenvalue weighted by Gasteiger charge is 2.20. The van der Waals surface area contributed by atoms with Crippen LogP contribution in [0.3, 0.4) is 0 Å². The Morgan fingerprint density at radius 2 is 1.62 bits per heavy atom. The SMILES string of the molecule is CN(C)c1ccc(-c2ccc(N(C)C)c(C(=O)NCC(=O)O)c2N)cc1. The number of carbonyl (C=O) groups is 2. The van der Waals surface area contributed by atoms with Crippen molar-refractivity contribution < 1.29 is 14.7 Å². The number of aliphatic carboxylic acids is 1. The molecule has 7 nitrogen and oxygen atoms in total. The number of nitrogens with two attached hydrogens (primary N) is 1. The summed E-state index contributed by atoms with van der Waals surface area (Å²) in [5.41, 5.74) is 10.2. The third-order valence-electron chi connectivity index (χ3n) is 4.03. The fraction of sp³-hybridized carbons (Fsp3) is 0.263. The van der Waals surface area contributed by atoms with Crippen molar-refractivity contribution >= 4 is 28.9 Å². The van der Waals surface area contributed by atoms with Crippen LogP contribution in [0.1, 0.15) is 10.4 Å². The quantitative estimate of drug-likeness (QED) is 0.684. The molecule has 0 saturated carbocycles. The van der Waals surface area contributed by atoms with Crippen LogP contribution in [0.2, 0.25) is 0 Å². The van der Waals surface area contributed by atoms with Gasteiger partial charge in [-0.05, 0) is 23.8 Å². The van der Waals surface area contributed by atoms with E-state index in [4.69, 9.17) is 10.8 Å². The van der Waals surface area contributed by atoms with Gasteiger partial charge in [0.05, 0.1) is 16.9 Å². The predicted octanol–water partition coefficient (Wildman–Crippen LogP) is 1.88. The van der Waals surface area contributed by atoms with Gasteiger partial charge in [0.2, 0.25) is 0 Å². The Bertz CT molecular complexity index is 814. The van der Waals surface area contributed by atoms with Gasteiger partial charge >= 0.3 is 5.97 Å². The molecule has 0 spiro atoms. The first-order valence-electron chi connectivity index (χ1n) is 8.10. The maximum absolute atomic E-state index is 12.5. The van der Waals surface area contributed by atoms with Gasteiger partial charge in [-0.1, -0.05) is 18.2 Å². The lowest BCUT2D eigenvalue weighted by Gasteiger charge is -2.21. The average Bonchev–Trinajstić information content (AvgIpc) is 2.59. The van der Waals surface area contributed by atoms with Crippen LogP contribution in [0, 0.1) is 0 Å². The number of carboxylic acids is 1. The molecule has 138 valence electrons. The lowest BCUT2D eigenvalue weighted by atomic mass is 9.97. The van der Waals surface area contributed by atoms with Crippen LogP contribution in [0.4, 0.5) is 17.1 Å². The van der Waals surface area contributed by atoms with Crippen LogP contribution >= 0.6 is 0 Å². The van der Waals surface area contributed by atoms with Gasteiger partial charge in [0.25, 0.3) is 5.91 Å². The van der Waals surface area contributed by atoms with E-state index in [2.05, 4.69) is 5.32 Å². The molecule has 0 bridgehead atoms. The van der Waals surface area contributed by atoms with E-state index in [9.17, 15) is 9.59 Å². The van der Waals surface area contributed by atoms with Gasteiger partial charge in [-0.3, -0.25) is 9.59 Å². The van der Waals surface area contributed by atoms with Crippen LogP contribution < -0.4 is 20.9 Å². The Balaban J connectivity index is 2.50. The monoisotopic (exact) mass is 356 g/mol. The van der Waals surface area contributed by atoms with Crippen LogP contribution in [-0.4, -0.2) is 51.7 Å². The number of benzene rings is 2. The third kappa shape index (κ3) is 4.05. The molecule has 0 saturated heterocycles. The van der Waals surface area contributed by atoms with Crippen molar-refractivity contribution in [3.63, 3.8) is 0 Å². The number of hydrogen-bond donors (Lipinski definition) is 3. The second kappa shape index (κ2) is 7.77. The van der Waals surface area contributed by atoms with Gasteiger partial charge in [-0.25, -0.2) is 0 Å². The minimum absolute atomic E-state index is 0.269. The normalized spacial score (nSPS) is 10.3. The standard InChI is InChI=1S/C19H24N4O3/c1-22(2)13-7-5-12(6-8-13)14-9-10-15(23(3)4)17(18(14)20)19(26)21-11-16(24)25/h5-10H,11,20H2,1-4H3,(H,21,26)(H,24,25). The maximum Gasteiger partial charge on any atom is 0.322 e. The summed E-state index contributed by atoms with van der Waals surface area (Å²) in [6, 6.07) is 11.5. The molecule has 0 atom stereocenters. The first-order chi connectivity index (χ1) is 12.2. The lowest BCUT2D eigenvalue weighted by Crippen LogP contribution is -2.31. The molecule has 0 heterocycles. The first-order valence-corrected chi connectivity index (χ1v) is 8.10. The summed E-state index contributed by atoms with van der Waals surface area (Å²) in [4.78, 5) is 27.1. The minimum atomic E-state index is -1.11. The van der Waals surface area contributed by atoms with E-state index in [-0.39, 0.29) is 5.56 Å². The molecule has 0 aliphatic heterocycles. The second-order valence-electron chi connectivity index (χ2n) is 6.33. The molecular formula is C19H24N4O3. The number of carbonyl (C=O) groups excluding carboxylic acids is 1. The number of hydrogen-bond acceptors (Lipinski definition) is 5. The maximum atomic E-state index is 12.5. The van der Waals surface area contributed by atoms with Gasteiger partial charge in [-0.2, -0.15) is 0 Å². The molecule has 2 aromatic carbocycles. The number of nitrogen functional groups attached to an aromatic ring is 1. The largest absolute Gasteiger partial charge is 0.480 e. The van der Waals surface area contributed by atoms with Crippen molar-refractivity contribution in [1.82, 2.24) is 5.32 Å². The van der Waals surface area contributed by atoms with E-state index in [0.29, 0.717) is 11.4 Å². The molecule has 0 unspecified atom stereocenters. The van der Waals surface area contributed by atoms with Crippen molar-refractivity contribution in [3.8, 4) is 11.1 Å². The van der Waals surface area contributed by atoms with Crippen LogP contribution in [-0.2, 0) is 4.79 Å². The van der Waals surface area contributed by atoms with E-state index < -0.39 is 18.4 Å². The van der Waals surface area contributed by atoms with Crippen molar-refractivity contribution in [1.29, 1.82) is 0 Å². The zero-order valence-electron chi connectivity index (χ0n) is 15.4. The molecule has 7 heteroatoms. The highest BCUT2D eigenvalue weighted by Crippen LogP contribution is 2.35. The van der Waals surface area contributed by atoms with E-state index in [1.54, 1.807) is 25.1 Å². The van der Waals surface area contributed by atoms with Crippen molar-refractivity contribution in [3.05, 3.63) is 42.0 Å². The van der Waals surface area contributed by atoms with E-state index in [1.165, 1.54) is 0 Å². The van der Waals surface area contributed by atoms with Gasteiger partial charge in [-0.15, -0.1) is 0 Å². The topological polar surface area (TPSA) is 98.9 Å². The van der Waals surface area contributed by atoms with Crippen LogP contribution in [0.25, 0.3) is 11.1 Å². The van der Waals surface area contributed by atoms with Crippen molar-refractivity contribution in [2.75, 3.05) is 50.3 Å². The Labute approximate surface area is 153 Å². The number of carboxylic acid groups (broad SMARTS) is 1. The van der Waals surface area contributed by atoms with Gasteiger partial charge in [0.1, 0.15) is 6.54 Å². The Morgan fingerprint density at radius 3 is 2.12 bits per heavy atom. The predicted molar refractivity (Wildman–Crippen MR) is 105 cm³/mol. The highest BCUT2D eigenvalue weighted by molar-refractivity contribution is 6.08. The average molecular weight is 356 g/mol. The molecule has 4 N–H and O–H groups in total. The van der Waals surface area contributed by atoms with Gasteiger partial charge < -0.3 is 26.0 Å². The Kier molecular flexibility index (Phi) is 5.71. The Hall–Kier alpha value is -3.22. The number of nitrogens with one attached hydrogen (secondary N) is 1. The fourth-order valence-electron chi connectivity index (χ4n) is 2.65. The summed E-state index contributed by atoms with van der Waals surface area (Å²) < 4.78 is 0. The smallest absolute Gasteiger partial charge is 0.322 e. The number of rotatable bonds is 6. The summed E-state index contributed by atoms with van der Waals surface area (Å²) in [6.45, 7) is -0.465. The highest BCUT2D eigenvalue weighted by atomic mass is 16.4. The molecule has 0 aromatic heterocycles. The van der Waals surface area contributed by atoms with E-state index in [1.807, 2.05) is 49.3 Å². The fourth-order valence-corrected chi connectivity index (χ4v) is 2.65. The second-order valence-corrected chi connectivity index (χ2v) is 6.33. The zero-order valence-corrected chi connectivity index (χ0v) is 15.4. The van der Waals surface area contributed by atoms with E-state index >= 15 is 0 Å². The van der Waals surface area contributed by atoms with Gasteiger partial charge in [0.15, 0.2) is 0 Å². The zero-order chi connectivity index (χ0) is 19.4. The first kappa shape index (κ1) is 19.1. The summed E-state index contributed by atoms with van der Waals surface area (Å²) >= 11 is 0. The molecule has 2 aromatic rings. The molecule has 2 rings (SSSR count). The van der Waals surface area contributed by atoms with E-state index in [0.717, 1.165) is 16.8 Å². The van der Waals surface area contributed by atoms with Crippen molar-refractivity contribution in [2.24, 2.45) is 0 Å². The summed E-state index contributed by atoms with van der Waals surface area (Å²) in [6.07, 6.45) is 0. The van der Waals surface area contributed by atoms with Crippen molar-refractivity contribution in [2.45, 2.75) is 0 Å². The molecule has 0 radical (unpaired) electrons. The molecule has 26 heavy (non-hydrogen) atoms. The molecular weight excluding hydrogens is 332 g/mol. The summed E-state index contributed by atoms with van der Waals surface area (Å²) in [5, 5.41) is 11.2. The summed E-state index contributed by atoms with van der Waals surface area (Å²) in [7, 11) is 7.52. The van der Waals surface area contributed by atoms with Crippen LogP contribution in [0.5, 0.6) is 0 Å².